The van der Waals surface area contributed by atoms with Gasteiger partial charge >= 0.3 is 0 Å². The lowest BCUT2D eigenvalue weighted by atomic mass is 10.1. The highest BCUT2D eigenvalue weighted by Gasteiger charge is 2.00. The summed E-state index contributed by atoms with van der Waals surface area (Å²) >= 11 is 0. The van der Waals surface area contributed by atoms with Gasteiger partial charge in [0.05, 0.1) is 19.4 Å². The fourth-order valence-electron chi connectivity index (χ4n) is 2.15. The molecular formula is C18H26IN3O2. The molecule has 5 nitrogen and oxygen atoms in total. The van der Waals surface area contributed by atoms with Gasteiger partial charge in [-0.1, -0.05) is 30.3 Å². The van der Waals surface area contributed by atoms with Crippen LogP contribution < -0.4 is 10.6 Å². The maximum atomic E-state index is 5.33. The molecule has 0 unspecified atom stereocenters. The first kappa shape index (κ1) is 20.5. The third-order valence-corrected chi connectivity index (χ3v) is 3.36. The SMILES string of the molecule is COCCN=C(NCCc1ccccc1)NCCc1ccco1.I. The highest BCUT2D eigenvalue weighted by Crippen LogP contribution is 2.00. The van der Waals surface area contributed by atoms with Crippen LogP contribution >= 0.6 is 24.0 Å². The number of nitrogens with zero attached hydrogens (tertiary/aromatic N) is 1. The number of benzene rings is 1. The third kappa shape index (κ3) is 8.35. The lowest BCUT2D eigenvalue weighted by Crippen LogP contribution is -2.39. The molecule has 6 heteroatoms. The van der Waals surface area contributed by atoms with E-state index >= 15 is 0 Å². The largest absolute Gasteiger partial charge is 0.469 e. The standard InChI is InChI=1S/C18H25N3O2.HI/c1-22-15-13-21-18(20-12-10-17-8-5-14-23-17)19-11-9-16-6-3-2-4-7-16;/h2-8,14H,9-13,15H2,1H3,(H2,19,20,21);1H. The number of furan rings is 1. The monoisotopic (exact) mass is 443 g/mol. The van der Waals surface area contributed by atoms with Crippen LogP contribution in [0.4, 0.5) is 0 Å². The minimum absolute atomic E-state index is 0. The normalized spacial score (nSPS) is 11.0. The molecule has 0 fully saturated rings. The Morgan fingerprint density at radius 1 is 1.04 bits per heavy atom. The van der Waals surface area contributed by atoms with E-state index < -0.39 is 0 Å². The van der Waals surface area contributed by atoms with E-state index in [1.165, 1.54) is 5.56 Å². The number of nitrogens with one attached hydrogen (secondary N) is 2. The van der Waals surface area contributed by atoms with Gasteiger partial charge in [0.15, 0.2) is 5.96 Å². The van der Waals surface area contributed by atoms with Gasteiger partial charge in [-0.05, 0) is 24.1 Å². The Kier molecular flexibility index (Phi) is 11.0. The van der Waals surface area contributed by atoms with Gasteiger partial charge in [-0.2, -0.15) is 0 Å². The molecule has 0 bridgehead atoms. The van der Waals surface area contributed by atoms with Crippen molar-refractivity contribution in [2.24, 2.45) is 4.99 Å². The Hall–Kier alpha value is -1.54. The van der Waals surface area contributed by atoms with Crippen molar-refractivity contribution in [2.45, 2.75) is 12.8 Å². The van der Waals surface area contributed by atoms with Crippen LogP contribution in [0.15, 0.2) is 58.1 Å². The van der Waals surface area contributed by atoms with E-state index in [1.54, 1.807) is 13.4 Å². The summed E-state index contributed by atoms with van der Waals surface area (Å²) in [6, 6.07) is 14.3. The minimum atomic E-state index is 0. The van der Waals surface area contributed by atoms with Crippen molar-refractivity contribution in [1.82, 2.24) is 10.6 Å². The van der Waals surface area contributed by atoms with E-state index in [4.69, 9.17) is 9.15 Å². The molecule has 24 heavy (non-hydrogen) atoms. The Balaban J connectivity index is 0.00000288. The number of hydrogen-bond acceptors (Lipinski definition) is 3. The van der Waals surface area contributed by atoms with Crippen molar-refractivity contribution >= 4 is 29.9 Å². The fourth-order valence-corrected chi connectivity index (χ4v) is 2.15. The quantitative estimate of drug-likeness (QED) is 0.271. The minimum Gasteiger partial charge on any atom is -0.469 e. The van der Waals surface area contributed by atoms with Crippen LogP contribution in [0.1, 0.15) is 11.3 Å². The lowest BCUT2D eigenvalue weighted by Gasteiger charge is -2.12. The van der Waals surface area contributed by atoms with Gasteiger partial charge in [0.2, 0.25) is 0 Å². The first-order valence-corrected chi connectivity index (χ1v) is 7.96. The van der Waals surface area contributed by atoms with E-state index in [9.17, 15) is 0 Å². The van der Waals surface area contributed by atoms with Crippen molar-refractivity contribution in [2.75, 3.05) is 33.4 Å². The summed E-state index contributed by atoms with van der Waals surface area (Å²) in [6.07, 6.45) is 3.49. The number of halogens is 1. The topological polar surface area (TPSA) is 58.8 Å². The van der Waals surface area contributed by atoms with Crippen LogP contribution in [0.5, 0.6) is 0 Å². The molecule has 0 aliphatic rings. The van der Waals surface area contributed by atoms with Crippen LogP contribution in [-0.4, -0.2) is 39.3 Å². The van der Waals surface area contributed by atoms with Crippen molar-refractivity contribution in [3.8, 4) is 0 Å². The molecule has 0 atom stereocenters. The van der Waals surface area contributed by atoms with Gasteiger partial charge in [-0.25, -0.2) is 0 Å². The molecule has 2 aromatic rings. The van der Waals surface area contributed by atoms with Gasteiger partial charge in [0.25, 0.3) is 0 Å². The molecule has 0 spiro atoms. The maximum Gasteiger partial charge on any atom is 0.191 e. The number of aliphatic imine (C=N–C) groups is 1. The number of methoxy groups -OCH3 is 1. The summed E-state index contributed by atoms with van der Waals surface area (Å²) in [7, 11) is 1.68. The second-order valence-corrected chi connectivity index (χ2v) is 5.14. The molecule has 1 aromatic heterocycles. The summed E-state index contributed by atoms with van der Waals surface area (Å²) in [5.74, 6) is 1.78. The number of guanidine groups is 1. The Labute approximate surface area is 160 Å². The fraction of sp³-hybridized carbons (Fsp3) is 0.389. The smallest absolute Gasteiger partial charge is 0.191 e. The molecule has 2 rings (SSSR count). The second kappa shape index (κ2) is 12.8. The molecule has 132 valence electrons. The first-order chi connectivity index (χ1) is 11.4. The number of hydrogen-bond donors (Lipinski definition) is 2. The summed E-state index contributed by atoms with van der Waals surface area (Å²) in [5.41, 5.74) is 1.31. The first-order valence-electron chi connectivity index (χ1n) is 7.96. The predicted molar refractivity (Wildman–Crippen MR) is 108 cm³/mol. The highest BCUT2D eigenvalue weighted by molar-refractivity contribution is 14.0. The zero-order valence-electron chi connectivity index (χ0n) is 14.0. The van der Waals surface area contributed by atoms with Crippen LogP contribution in [0.2, 0.25) is 0 Å². The van der Waals surface area contributed by atoms with E-state index in [0.29, 0.717) is 13.2 Å². The Bertz CT molecular complexity index is 559. The number of ether oxygens (including phenoxy) is 1. The van der Waals surface area contributed by atoms with E-state index in [2.05, 4.69) is 39.9 Å². The van der Waals surface area contributed by atoms with Crippen LogP contribution in [0, 0.1) is 0 Å². The van der Waals surface area contributed by atoms with Gasteiger partial charge < -0.3 is 19.8 Å². The zero-order chi connectivity index (χ0) is 16.2. The van der Waals surface area contributed by atoms with Crippen molar-refractivity contribution in [3.63, 3.8) is 0 Å². The predicted octanol–water partition coefficient (Wildman–Crippen LogP) is 2.86. The Morgan fingerprint density at radius 3 is 2.46 bits per heavy atom. The van der Waals surface area contributed by atoms with Gasteiger partial charge in [0.1, 0.15) is 5.76 Å². The van der Waals surface area contributed by atoms with E-state index in [0.717, 1.165) is 37.7 Å². The van der Waals surface area contributed by atoms with Gasteiger partial charge in [-0.3, -0.25) is 4.99 Å². The molecule has 0 saturated carbocycles. The average molecular weight is 443 g/mol. The van der Waals surface area contributed by atoms with Gasteiger partial charge in [-0.15, -0.1) is 24.0 Å². The highest BCUT2D eigenvalue weighted by atomic mass is 127. The zero-order valence-corrected chi connectivity index (χ0v) is 16.4. The number of rotatable bonds is 9. The van der Waals surface area contributed by atoms with E-state index in [-0.39, 0.29) is 24.0 Å². The molecule has 1 aromatic carbocycles. The molecule has 1 heterocycles. The third-order valence-electron chi connectivity index (χ3n) is 3.36. The summed E-state index contributed by atoms with van der Waals surface area (Å²) < 4.78 is 10.4. The van der Waals surface area contributed by atoms with Crippen molar-refractivity contribution in [3.05, 3.63) is 60.1 Å². The molecular weight excluding hydrogens is 417 g/mol. The van der Waals surface area contributed by atoms with Crippen LogP contribution in [0.25, 0.3) is 0 Å². The van der Waals surface area contributed by atoms with Gasteiger partial charge in [0, 0.05) is 26.6 Å². The second-order valence-electron chi connectivity index (χ2n) is 5.14. The van der Waals surface area contributed by atoms with Crippen molar-refractivity contribution < 1.29 is 9.15 Å². The molecule has 0 amide bonds. The maximum absolute atomic E-state index is 5.33. The molecule has 0 aliphatic carbocycles. The Morgan fingerprint density at radius 2 is 1.79 bits per heavy atom. The van der Waals surface area contributed by atoms with E-state index in [1.807, 2.05) is 18.2 Å². The summed E-state index contributed by atoms with van der Waals surface area (Å²) in [6.45, 7) is 2.86. The molecule has 0 aliphatic heterocycles. The van der Waals surface area contributed by atoms with Crippen molar-refractivity contribution in [1.29, 1.82) is 0 Å². The molecule has 2 N–H and O–H groups in total. The average Bonchev–Trinajstić information content (AvgIpc) is 3.09. The molecule has 0 saturated heterocycles. The molecule has 0 radical (unpaired) electrons. The summed E-state index contributed by atoms with van der Waals surface area (Å²) in [4.78, 5) is 4.50. The van der Waals surface area contributed by atoms with Crippen LogP contribution in [0.3, 0.4) is 0 Å². The summed E-state index contributed by atoms with van der Waals surface area (Å²) in [5, 5.41) is 6.69. The lowest BCUT2D eigenvalue weighted by molar-refractivity contribution is 0.208. The van der Waals surface area contributed by atoms with Crippen LogP contribution in [-0.2, 0) is 17.6 Å².